The predicted octanol–water partition coefficient (Wildman–Crippen LogP) is 0.155. The van der Waals surface area contributed by atoms with E-state index in [9.17, 15) is 0 Å². The summed E-state index contributed by atoms with van der Waals surface area (Å²) in [5.41, 5.74) is -0.529. The van der Waals surface area contributed by atoms with Crippen LogP contribution in [0.2, 0.25) is 0 Å². The molecule has 0 heterocycles. The molecule has 1 atom stereocenters. The Balaban J connectivity index is 3.71. The summed E-state index contributed by atoms with van der Waals surface area (Å²) in [4.78, 5) is 0. The normalized spacial score (nSPS) is 14.4. The lowest BCUT2D eigenvalue weighted by Crippen LogP contribution is -2.34. The van der Waals surface area contributed by atoms with Gasteiger partial charge >= 0.3 is 0 Å². The van der Waals surface area contributed by atoms with Crippen molar-refractivity contribution in [2.45, 2.75) is 32.8 Å². The SMILES string of the molecule is CCC(CO)(CO)COCCC(C)O. The van der Waals surface area contributed by atoms with E-state index >= 15 is 0 Å². The zero-order valence-corrected chi connectivity index (χ0v) is 9.07. The average Bonchev–Trinajstić information content (AvgIpc) is 2.19. The van der Waals surface area contributed by atoms with Crippen molar-refractivity contribution in [2.24, 2.45) is 5.41 Å². The van der Waals surface area contributed by atoms with Crippen LogP contribution in [-0.4, -0.2) is 47.9 Å². The van der Waals surface area contributed by atoms with Crippen LogP contribution in [0.4, 0.5) is 0 Å². The molecular formula is C10H22O4. The Morgan fingerprint density at radius 3 is 2.21 bits per heavy atom. The molecule has 86 valence electrons. The van der Waals surface area contributed by atoms with E-state index in [2.05, 4.69) is 0 Å². The molecule has 0 saturated carbocycles. The van der Waals surface area contributed by atoms with Gasteiger partial charge in [-0.05, 0) is 19.8 Å². The van der Waals surface area contributed by atoms with Gasteiger partial charge in [0.05, 0.1) is 25.9 Å². The minimum Gasteiger partial charge on any atom is -0.396 e. The van der Waals surface area contributed by atoms with Crippen LogP contribution in [-0.2, 0) is 4.74 Å². The summed E-state index contributed by atoms with van der Waals surface area (Å²) in [5, 5.41) is 27.2. The van der Waals surface area contributed by atoms with Gasteiger partial charge in [0.1, 0.15) is 0 Å². The Morgan fingerprint density at radius 2 is 1.86 bits per heavy atom. The lowest BCUT2D eigenvalue weighted by Gasteiger charge is -2.27. The first-order valence-electron chi connectivity index (χ1n) is 5.07. The summed E-state index contributed by atoms with van der Waals surface area (Å²) in [6, 6.07) is 0. The number of rotatable bonds is 8. The molecule has 0 rings (SSSR count). The largest absolute Gasteiger partial charge is 0.396 e. The maximum absolute atomic E-state index is 9.10. The number of hydrogen-bond acceptors (Lipinski definition) is 4. The quantitative estimate of drug-likeness (QED) is 0.495. The maximum atomic E-state index is 9.10. The van der Waals surface area contributed by atoms with Gasteiger partial charge in [-0.1, -0.05) is 6.92 Å². The highest BCUT2D eigenvalue weighted by molar-refractivity contribution is 4.75. The summed E-state index contributed by atoms with van der Waals surface area (Å²) in [5.74, 6) is 0. The molecule has 0 aliphatic carbocycles. The van der Waals surface area contributed by atoms with Gasteiger partial charge in [-0.2, -0.15) is 0 Å². The summed E-state index contributed by atoms with van der Waals surface area (Å²) in [6.45, 7) is 4.25. The van der Waals surface area contributed by atoms with Crippen molar-refractivity contribution in [3.63, 3.8) is 0 Å². The zero-order valence-electron chi connectivity index (χ0n) is 9.07. The Morgan fingerprint density at radius 1 is 1.29 bits per heavy atom. The molecule has 0 amide bonds. The van der Waals surface area contributed by atoms with Gasteiger partial charge in [0, 0.05) is 12.0 Å². The molecule has 0 bridgehead atoms. The van der Waals surface area contributed by atoms with Crippen LogP contribution in [0.5, 0.6) is 0 Å². The highest BCUT2D eigenvalue weighted by atomic mass is 16.5. The van der Waals surface area contributed by atoms with Crippen molar-refractivity contribution in [1.82, 2.24) is 0 Å². The molecule has 0 spiro atoms. The number of ether oxygens (including phenoxy) is 1. The van der Waals surface area contributed by atoms with E-state index in [1.165, 1.54) is 0 Å². The second kappa shape index (κ2) is 7.17. The van der Waals surface area contributed by atoms with Crippen molar-refractivity contribution < 1.29 is 20.1 Å². The van der Waals surface area contributed by atoms with E-state index in [1.807, 2.05) is 6.92 Å². The standard InChI is InChI=1S/C10H22O4/c1-3-10(6-11,7-12)8-14-5-4-9(2)13/h9,11-13H,3-8H2,1-2H3. The molecule has 3 N–H and O–H groups in total. The molecule has 4 heteroatoms. The first-order chi connectivity index (χ1) is 6.60. The third-order valence-electron chi connectivity index (χ3n) is 2.51. The number of aliphatic hydroxyl groups is 3. The molecular weight excluding hydrogens is 184 g/mol. The molecule has 0 aromatic heterocycles. The third kappa shape index (κ3) is 4.91. The van der Waals surface area contributed by atoms with Gasteiger partial charge in [-0.3, -0.25) is 0 Å². The lowest BCUT2D eigenvalue weighted by molar-refractivity contribution is -0.0352. The van der Waals surface area contributed by atoms with Crippen LogP contribution in [0.25, 0.3) is 0 Å². The van der Waals surface area contributed by atoms with E-state index < -0.39 is 5.41 Å². The molecule has 0 aromatic rings. The van der Waals surface area contributed by atoms with E-state index in [-0.39, 0.29) is 19.3 Å². The first-order valence-corrected chi connectivity index (χ1v) is 5.07. The second-order valence-corrected chi connectivity index (χ2v) is 3.86. The van der Waals surface area contributed by atoms with Gasteiger partial charge in [-0.15, -0.1) is 0 Å². The van der Waals surface area contributed by atoms with Gasteiger partial charge in [-0.25, -0.2) is 0 Å². The van der Waals surface area contributed by atoms with E-state index in [4.69, 9.17) is 20.1 Å². The molecule has 0 radical (unpaired) electrons. The fraction of sp³-hybridized carbons (Fsp3) is 1.00. The molecule has 0 saturated heterocycles. The average molecular weight is 206 g/mol. The number of hydrogen-bond donors (Lipinski definition) is 3. The predicted molar refractivity (Wildman–Crippen MR) is 54.0 cm³/mol. The van der Waals surface area contributed by atoms with Crippen LogP contribution in [0.15, 0.2) is 0 Å². The van der Waals surface area contributed by atoms with Crippen LogP contribution in [0.3, 0.4) is 0 Å². The summed E-state index contributed by atoms with van der Waals surface area (Å²) in [7, 11) is 0. The van der Waals surface area contributed by atoms with Crippen LogP contribution in [0.1, 0.15) is 26.7 Å². The van der Waals surface area contributed by atoms with Crippen LogP contribution in [0, 0.1) is 5.41 Å². The molecule has 0 fully saturated rings. The van der Waals surface area contributed by atoms with Gasteiger partial charge in [0.15, 0.2) is 0 Å². The minimum absolute atomic E-state index is 0.0747. The minimum atomic E-state index is -0.529. The Hall–Kier alpha value is -0.160. The monoisotopic (exact) mass is 206 g/mol. The molecule has 0 aliphatic heterocycles. The lowest BCUT2D eigenvalue weighted by atomic mass is 9.88. The summed E-state index contributed by atoms with van der Waals surface area (Å²) in [6.07, 6.45) is 0.889. The first kappa shape index (κ1) is 13.8. The third-order valence-corrected chi connectivity index (χ3v) is 2.51. The van der Waals surface area contributed by atoms with Crippen molar-refractivity contribution >= 4 is 0 Å². The molecule has 0 aromatic carbocycles. The highest BCUT2D eigenvalue weighted by Crippen LogP contribution is 2.20. The summed E-state index contributed by atoms with van der Waals surface area (Å²) >= 11 is 0. The van der Waals surface area contributed by atoms with Crippen molar-refractivity contribution in [1.29, 1.82) is 0 Å². The topological polar surface area (TPSA) is 69.9 Å². The van der Waals surface area contributed by atoms with Crippen LogP contribution >= 0.6 is 0 Å². The van der Waals surface area contributed by atoms with E-state index in [1.54, 1.807) is 6.92 Å². The van der Waals surface area contributed by atoms with Crippen molar-refractivity contribution in [2.75, 3.05) is 26.4 Å². The second-order valence-electron chi connectivity index (χ2n) is 3.86. The number of aliphatic hydroxyl groups excluding tert-OH is 3. The van der Waals surface area contributed by atoms with E-state index in [0.29, 0.717) is 26.1 Å². The smallest absolute Gasteiger partial charge is 0.0566 e. The Kier molecular flexibility index (Phi) is 7.09. The molecule has 14 heavy (non-hydrogen) atoms. The molecule has 4 nitrogen and oxygen atoms in total. The highest BCUT2D eigenvalue weighted by Gasteiger charge is 2.26. The zero-order chi connectivity index (χ0) is 11.0. The van der Waals surface area contributed by atoms with Gasteiger partial charge < -0.3 is 20.1 Å². The van der Waals surface area contributed by atoms with E-state index in [0.717, 1.165) is 0 Å². The molecule has 0 aliphatic rings. The summed E-state index contributed by atoms with van der Waals surface area (Å²) < 4.78 is 5.30. The Labute approximate surface area is 85.5 Å². The molecule has 1 unspecified atom stereocenters. The fourth-order valence-electron chi connectivity index (χ4n) is 1.01. The van der Waals surface area contributed by atoms with Crippen LogP contribution < -0.4 is 0 Å². The van der Waals surface area contributed by atoms with Gasteiger partial charge in [0.25, 0.3) is 0 Å². The van der Waals surface area contributed by atoms with Crippen molar-refractivity contribution in [3.05, 3.63) is 0 Å². The van der Waals surface area contributed by atoms with Crippen molar-refractivity contribution in [3.8, 4) is 0 Å². The maximum Gasteiger partial charge on any atom is 0.0566 e. The fourth-order valence-corrected chi connectivity index (χ4v) is 1.01. The Bertz CT molecular complexity index is 124. The van der Waals surface area contributed by atoms with Gasteiger partial charge in [0.2, 0.25) is 0 Å².